The van der Waals surface area contributed by atoms with E-state index in [2.05, 4.69) is 0 Å². The molecule has 1 aromatic carbocycles. The number of furan rings is 1. The van der Waals surface area contributed by atoms with E-state index in [1.54, 1.807) is 6.07 Å². The summed E-state index contributed by atoms with van der Waals surface area (Å²) in [6.07, 6.45) is 1.45. The van der Waals surface area contributed by atoms with Gasteiger partial charge in [0.1, 0.15) is 11.3 Å². The van der Waals surface area contributed by atoms with Crippen LogP contribution in [0.4, 0.5) is 0 Å². The van der Waals surface area contributed by atoms with E-state index in [4.69, 9.17) is 14.3 Å². The third kappa shape index (κ3) is 2.00. The second-order valence-electron chi connectivity index (χ2n) is 3.42. The maximum Gasteiger partial charge on any atom is 0.307 e. The Labute approximate surface area is 92.4 Å². The molecule has 0 aliphatic heterocycles. The van der Waals surface area contributed by atoms with Gasteiger partial charge in [0.25, 0.3) is 0 Å². The monoisotopic (exact) mass is 220 g/mol. The molecule has 1 N–H and O–H groups in total. The lowest BCUT2D eigenvalue weighted by atomic mass is 10.1. The van der Waals surface area contributed by atoms with Crippen LogP contribution in [0, 0.1) is 0 Å². The van der Waals surface area contributed by atoms with E-state index in [1.165, 1.54) is 6.26 Å². The van der Waals surface area contributed by atoms with Crippen LogP contribution in [0.3, 0.4) is 0 Å². The van der Waals surface area contributed by atoms with Crippen LogP contribution in [-0.4, -0.2) is 17.7 Å². The number of carbonyl (C=O) groups is 1. The van der Waals surface area contributed by atoms with Gasteiger partial charge in [-0.05, 0) is 19.1 Å². The van der Waals surface area contributed by atoms with E-state index in [9.17, 15) is 4.79 Å². The fourth-order valence-corrected chi connectivity index (χ4v) is 1.62. The van der Waals surface area contributed by atoms with Gasteiger partial charge in [-0.25, -0.2) is 0 Å². The Morgan fingerprint density at radius 3 is 3.00 bits per heavy atom. The zero-order chi connectivity index (χ0) is 11.5. The molecule has 0 unspecified atom stereocenters. The Balaban J connectivity index is 2.38. The molecule has 0 saturated carbocycles. The van der Waals surface area contributed by atoms with Gasteiger partial charge in [0.2, 0.25) is 0 Å². The summed E-state index contributed by atoms with van der Waals surface area (Å²) in [6, 6.07) is 5.40. The third-order valence-electron chi connectivity index (χ3n) is 2.28. The minimum atomic E-state index is -0.864. The highest BCUT2D eigenvalue weighted by molar-refractivity contribution is 5.86. The number of fused-ring (bicyclic) bond motifs is 1. The number of carboxylic acid groups (broad SMARTS) is 1. The first-order valence-electron chi connectivity index (χ1n) is 5.05. The average Bonchev–Trinajstić information content (AvgIpc) is 2.61. The number of aliphatic carboxylic acids is 1. The average molecular weight is 220 g/mol. The Kier molecular flexibility index (Phi) is 2.81. The molecule has 0 spiro atoms. The molecule has 0 aliphatic rings. The molecular formula is C12H12O4. The summed E-state index contributed by atoms with van der Waals surface area (Å²) in [5, 5.41) is 9.54. The summed E-state index contributed by atoms with van der Waals surface area (Å²) < 4.78 is 10.6. The van der Waals surface area contributed by atoms with Crippen molar-refractivity contribution in [3.8, 4) is 5.75 Å². The SMILES string of the molecule is CCOc1ccc2c(CC(=O)O)coc2c1. The number of rotatable bonds is 4. The highest BCUT2D eigenvalue weighted by Gasteiger charge is 2.09. The van der Waals surface area contributed by atoms with Gasteiger partial charge in [-0.3, -0.25) is 4.79 Å². The first kappa shape index (κ1) is 10.5. The summed E-state index contributed by atoms with van der Waals surface area (Å²) in [6.45, 7) is 2.50. The van der Waals surface area contributed by atoms with Crippen molar-refractivity contribution in [3.05, 3.63) is 30.0 Å². The third-order valence-corrected chi connectivity index (χ3v) is 2.28. The molecule has 0 bridgehead atoms. The Hall–Kier alpha value is -1.97. The van der Waals surface area contributed by atoms with Crippen LogP contribution in [0.15, 0.2) is 28.9 Å². The van der Waals surface area contributed by atoms with E-state index in [0.717, 1.165) is 11.1 Å². The lowest BCUT2D eigenvalue weighted by Gasteiger charge is -2.01. The van der Waals surface area contributed by atoms with Crippen molar-refractivity contribution < 1.29 is 19.1 Å². The Morgan fingerprint density at radius 2 is 2.31 bits per heavy atom. The smallest absolute Gasteiger partial charge is 0.307 e. The van der Waals surface area contributed by atoms with Crippen molar-refractivity contribution in [1.82, 2.24) is 0 Å². The zero-order valence-corrected chi connectivity index (χ0v) is 8.90. The molecule has 1 aromatic heterocycles. The van der Waals surface area contributed by atoms with Crippen molar-refractivity contribution in [2.24, 2.45) is 0 Å². The summed E-state index contributed by atoms with van der Waals surface area (Å²) >= 11 is 0. The molecule has 0 amide bonds. The van der Waals surface area contributed by atoms with Crippen LogP contribution in [-0.2, 0) is 11.2 Å². The number of carboxylic acids is 1. The number of hydrogen-bond acceptors (Lipinski definition) is 3. The van der Waals surface area contributed by atoms with E-state index in [1.807, 2.05) is 19.1 Å². The van der Waals surface area contributed by atoms with Gasteiger partial charge in [0, 0.05) is 17.0 Å². The fourth-order valence-electron chi connectivity index (χ4n) is 1.62. The summed E-state index contributed by atoms with van der Waals surface area (Å²) in [4.78, 5) is 10.6. The molecule has 4 heteroatoms. The van der Waals surface area contributed by atoms with Gasteiger partial charge in [-0.2, -0.15) is 0 Å². The molecule has 2 rings (SSSR count). The van der Waals surface area contributed by atoms with Gasteiger partial charge >= 0.3 is 5.97 Å². The second-order valence-corrected chi connectivity index (χ2v) is 3.42. The van der Waals surface area contributed by atoms with Gasteiger partial charge in [-0.15, -0.1) is 0 Å². The highest BCUT2D eigenvalue weighted by atomic mass is 16.5. The summed E-state index contributed by atoms with van der Waals surface area (Å²) in [5.41, 5.74) is 1.34. The van der Waals surface area contributed by atoms with Gasteiger partial charge in [0.05, 0.1) is 19.3 Å². The first-order chi connectivity index (χ1) is 7.70. The van der Waals surface area contributed by atoms with Crippen molar-refractivity contribution in [1.29, 1.82) is 0 Å². The zero-order valence-electron chi connectivity index (χ0n) is 8.90. The Morgan fingerprint density at radius 1 is 1.50 bits per heavy atom. The topological polar surface area (TPSA) is 59.7 Å². The molecule has 0 fully saturated rings. The van der Waals surface area contributed by atoms with Crippen LogP contribution >= 0.6 is 0 Å². The van der Waals surface area contributed by atoms with E-state index in [-0.39, 0.29) is 6.42 Å². The normalized spacial score (nSPS) is 10.6. The predicted molar refractivity (Wildman–Crippen MR) is 58.7 cm³/mol. The van der Waals surface area contributed by atoms with Gasteiger partial charge in [-0.1, -0.05) is 0 Å². The number of benzene rings is 1. The predicted octanol–water partition coefficient (Wildman–Crippen LogP) is 2.46. The van der Waals surface area contributed by atoms with Gasteiger partial charge < -0.3 is 14.3 Å². The number of ether oxygens (including phenoxy) is 1. The van der Waals surface area contributed by atoms with E-state index in [0.29, 0.717) is 17.8 Å². The summed E-state index contributed by atoms with van der Waals surface area (Å²) in [5.74, 6) is -0.136. The molecule has 0 aliphatic carbocycles. The second kappa shape index (κ2) is 4.26. The summed E-state index contributed by atoms with van der Waals surface area (Å²) in [7, 11) is 0. The highest BCUT2D eigenvalue weighted by Crippen LogP contribution is 2.25. The molecular weight excluding hydrogens is 208 g/mol. The van der Waals surface area contributed by atoms with Crippen molar-refractivity contribution in [3.63, 3.8) is 0 Å². The van der Waals surface area contributed by atoms with Crippen molar-refractivity contribution >= 4 is 16.9 Å². The molecule has 1 heterocycles. The number of hydrogen-bond donors (Lipinski definition) is 1. The van der Waals surface area contributed by atoms with Crippen LogP contribution < -0.4 is 4.74 Å². The van der Waals surface area contributed by atoms with Crippen molar-refractivity contribution in [2.75, 3.05) is 6.61 Å². The van der Waals surface area contributed by atoms with Crippen LogP contribution in [0.1, 0.15) is 12.5 Å². The molecule has 0 saturated heterocycles. The van der Waals surface area contributed by atoms with Gasteiger partial charge in [0.15, 0.2) is 0 Å². The van der Waals surface area contributed by atoms with Crippen LogP contribution in [0.2, 0.25) is 0 Å². The molecule has 84 valence electrons. The standard InChI is InChI=1S/C12H12O4/c1-2-15-9-3-4-10-8(5-12(13)14)7-16-11(10)6-9/h3-4,6-7H,2,5H2,1H3,(H,13,14). The molecule has 2 aromatic rings. The maximum absolute atomic E-state index is 10.6. The largest absolute Gasteiger partial charge is 0.494 e. The van der Waals surface area contributed by atoms with E-state index < -0.39 is 5.97 Å². The minimum absolute atomic E-state index is 0.0268. The minimum Gasteiger partial charge on any atom is -0.494 e. The first-order valence-corrected chi connectivity index (χ1v) is 5.05. The van der Waals surface area contributed by atoms with E-state index >= 15 is 0 Å². The molecule has 16 heavy (non-hydrogen) atoms. The lowest BCUT2D eigenvalue weighted by Crippen LogP contribution is -1.98. The Bertz CT molecular complexity index is 513. The molecule has 0 atom stereocenters. The van der Waals surface area contributed by atoms with Crippen LogP contribution in [0.25, 0.3) is 11.0 Å². The quantitative estimate of drug-likeness (QED) is 0.859. The van der Waals surface area contributed by atoms with Crippen LogP contribution in [0.5, 0.6) is 5.75 Å². The maximum atomic E-state index is 10.6. The lowest BCUT2D eigenvalue weighted by molar-refractivity contribution is -0.136. The fraction of sp³-hybridized carbons (Fsp3) is 0.250. The molecule has 4 nitrogen and oxygen atoms in total. The molecule has 0 radical (unpaired) electrons. The van der Waals surface area contributed by atoms with Crippen molar-refractivity contribution in [2.45, 2.75) is 13.3 Å².